The molecule has 1 aromatic rings. The largest absolute Gasteiger partial charge is 0.356 e. The summed E-state index contributed by atoms with van der Waals surface area (Å²) in [5.41, 5.74) is 0. The summed E-state index contributed by atoms with van der Waals surface area (Å²) in [5.74, 6) is 1.62. The Morgan fingerprint density at radius 3 is 2.96 bits per heavy atom. The van der Waals surface area contributed by atoms with E-state index in [1.165, 1.54) is 11.3 Å². The van der Waals surface area contributed by atoms with Crippen LogP contribution in [0.25, 0.3) is 0 Å². The molecule has 0 bridgehead atoms. The highest BCUT2D eigenvalue weighted by Gasteiger charge is 2.20. The molecule has 1 amide bonds. The van der Waals surface area contributed by atoms with E-state index in [2.05, 4.69) is 34.0 Å². The lowest BCUT2D eigenvalue weighted by atomic mass is 10.00. The predicted octanol–water partition coefficient (Wildman–Crippen LogP) is 2.68. The van der Waals surface area contributed by atoms with Crippen molar-refractivity contribution in [3.8, 4) is 0 Å². The van der Waals surface area contributed by atoms with Gasteiger partial charge in [0.1, 0.15) is 0 Å². The maximum Gasteiger partial charge on any atom is 0.224 e. The fraction of sp³-hybridized carbons (Fsp3) is 0.625. The maximum absolute atomic E-state index is 12.2. The summed E-state index contributed by atoms with van der Waals surface area (Å²) < 4.78 is 0. The summed E-state index contributed by atoms with van der Waals surface area (Å²) in [6, 6.07) is 4.13. The number of guanidine groups is 1. The SMILES string of the molecule is CN=C(NCCC(=O)N1CCCC(C)C1)NCc1cccs1.I. The van der Waals surface area contributed by atoms with E-state index < -0.39 is 0 Å². The van der Waals surface area contributed by atoms with Crippen molar-refractivity contribution in [2.45, 2.75) is 32.7 Å². The molecule has 0 spiro atoms. The normalized spacial score (nSPS) is 18.3. The quantitative estimate of drug-likeness (QED) is 0.412. The van der Waals surface area contributed by atoms with Gasteiger partial charge >= 0.3 is 0 Å². The van der Waals surface area contributed by atoms with Crippen molar-refractivity contribution in [2.24, 2.45) is 10.9 Å². The highest BCUT2D eigenvalue weighted by atomic mass is 127. The van der Waals surface area contributed by atoms with Crippen molar-refractivity contribution in [3.63, 3.8) is 0 Å². The van der Waals surface area contributed by atoms with Gasteiger partial charge in [-0.2, -0.15) is 0 Å². The first kappa shape index (κ1) is 20.2. The van der Waals surface area contributed by atoms with Gasteiger partial charge in [0.05, 0.1) is 6.54 Å². The molecule has 7 heteroatoms. The molecular formula is C16H27IN4OS. The van der Waals surface area contributed by atoms with E-state index in [0.717, 1.165) is 32.0 Å². The number of carbonyl (C=O) groups excluding carboxylic acids is 1. The average Bonchev–Trinajstić information content (AvgIpc) is 3.04. The number of hydrogen-bond donors (Lipinski definition) is 2. The van der Waals surface area contributed by atoms with E-state index in [1.54, 1.807) is 18.4 Å². The van der Waals surface area contributed by atoms with Crippen molar-refractivity contribution in [1.82, 2.24) is 15.5 Å². The van der Waals surface area contributed by atoms with Gasteiger partial charge in [0.25, 0.3) is 0 Å². The summed E-state index contributed by atoms with van der Waals surface area (Å²) in [7, 11) is 1.75. The Kier molecular flexibility index (Phi) is 9.54. The summed E-state index contributed by atoms with van der Waals surface area (Å²) in [5, 5.41) is 8.53. The average molecular weight is 450 g/mol. The van der Waals surface area contributed by atoms with Crippen LogP contribution in [-0.4, -0.2) is 43.4 Å². The number of thiophene rings is 1. The van der Waals surface area contributed by atoms with Crippen molar-refractivity contribution in [3.05, 3.63) is 22.4 Å². The third-order valence-electron chi connectivity index (χ3n) is 3.87. The summed E-state index contributed by atoms with van der Waals surface area (Å²) in [6.45, 7) is 5.41. The molecule has 1 unspecified atom stereocenters. The number of rotatable bonds is 5. The predicted molar refractivity (Wildman–Crippen MR) is 108 cm³/mol. The highest BCUT2D eigenvalue weighted by Crippen LogP contribution is 2.15. The number of amides is 1. The Bertz CT molecular complexity index is 492. The monoisotopic (exact) mass is 450 g/mol. The molecule has 1 atom stereocenters. The molecule has 0 saturated carbocycles. The zero-order valence-corrected chi connectivity index (χ0v) is 17.0. The molecule has 23 heavy (non-hydrogen) atoms. The highest BCUT2D eigenvalue weighted by molar-refractivity contribution is 14.0. The molecule has 5 nitrogen and oxygen atoms in total. The molecule has 0 aromatic carbocycles. The number of halogens is 1. The fourth-order valence-corrected chi connectivity index (χ4v) is 3.31. The van der Waals surface area contributed by atoms with Crippen LogP contribution in [0.3, 0.4) is 0 Å². The van der Waals surface area contributed by atoms with E-state index in [9.17, 15) is 4.79 Å². The van der Waals surface area contributed by atoms with Gasteiger partial charge in [-0.05, 0) is 30.2 Å². The number of nitrogens with one attached hydrogen (secondary N) is 2. The van der Waals surface area contributed by atoms with Gasteiger partial charge in [0.15, 0.2) is 5.96 Å². The number of piperidine rings is 1. The van der Waals surface area contributed by atoms with Crippen LogP contribution in [0.5, 0.6) is 0 Å². The van der Waals surface area contributed by atoms with Gasteiger partial charge in [-0.3, -0.25) is 9.79 Å². The molecule has 1 aliphatic heterocycles. The van der Waals surface area contributed by atoms with Crippen molar-refractivity contribution < 1.29 is 4.79 Å². The second-order valence-electron chi connectivity index (χ2n) is 5.77. The molecule has 1 saturated heterocycles. The maximum atomic E-state index is 12.2. The van der Waals surface area contributed by atoms with Crippen LogP contribution in [0.15, 0.2) is 22.5 Å². The molecule has 0 aliphatic carbocycles. The summed E-state index contributed by atoms with van der Waals surface area (Å²) in [6.07, 6.45) is 2.89. The van der Waals surface area contributed by atoms with Crippen LogP contribution in [0.1, 0.15) is 31.1 Å². The van der Waals surface area contributed by atoms with E-state index in [1.807, 2.05) is 11.0 Å². The van der Waals surface area contributed by atoms with Crippen LogP contribution in [0.2, 0.25) is 0 Å². The molecule has 1 aromatic heterocycles. The number of hydrogen-bond acceptors (Lipinski definition) is 3. The Labute approximate surface area is 160 Å². The zero-order valence-electron chi connectivity index (χ0n) is 13.9. The molecule has 1 fully saturated rings. The minimum atomic E-state index is 0. The fourth-order valence-electron chi connectivity index (χ4n) is 2.67. The number of carbonyl (C=O) groups is 1. The third-order valence-corrected chi connectivity index (χ3v) is 4.75. The summed E-state index contributed by atoms with van der Waals surface area (Å²) >= 11 is 1.72. The van der Waals surface area contributed by atoms with E-state index >= 15 is 0 Å². The lowest BCUT2D eigenvalue weighted by Gasteiger charge is -2.31. The first-order valence-electron chi connectivity index (χ1n) is 7.93. The minimum absolute atomic E-state index is 0. The van der Waals surface area contributed by atoms with Crippen LogP contribution in [-0.2, 0) is 11.3 Å². The number of aliphatic imine (C=N–C) groups is 1. The van der Waals surface area contributed by atoms with E-state index in [0.29, 0.717) is 18.9 Å². The first-order valence-corrected chi connectivity index (χ1v) is 8.81. The molecule has 2 heterocycles. The lowest BCUT2D eigenvalue weighted by molar-refractivity contribution is -0.132. The van der Waals surface area contributed by atoms with E-state index in [4.69, 9.17) is 0 Å². The van der Waals surface area contributed by atoms with E-state index in [-0.39, 0.29) is 29.9 Å². The van der Waals surface area contributed by atoms with Gasteiger partial charge in [-0.25, -0.2) is 0 Å². The second kappa shape index (κ2) is 10.9. The van der Waals surface area contributed by atoms with Crippen molar-refractivity contribution >= 4 is 47.2 Å². The molecule has 2 N–H and O–H groups in total. The molecule has 0 radical (unpaired) electrons. The number of likely N-dealkylation sites (tertiary alicyclic amines) is 1. The minimum Gasteiger partial charge on any atom is -0.356 e. The van der Waals surface area contributed by atoms with Crippen LogP contribution in [0.4, 0.5) is 0 Å². The standard InChI is InChI=1S/C16H26N4OS.HI/c1-13-5-3-9-20(12-13)15(21)7-8-18-16(17-2)19-11-14-6-4-10-22-14;/h4,6,10,13H,3,5,7-9,11-12H2,1-2H3,(H2,17,18,19);1H. The third kappa shape index (κ3) is 7.07. The van der Waals surface area contributed by atoms with Gasteiger partial charge in [-0.15, -0.1) is 35.3 Å². The molecule has 130 valence electrons. The topological polar surface area (TPSA) is 56.7 Å². The summed E-state index contributed by atoms with van der Waals surface area (Å²) in [4.78, 5) is 19.6. The van der Waals surface area contributed by atoms with Gasteiger partial charge in [-0.1, -0.05) is 13.0 Å². The molecule has 2 rings (SSSR count). The van der Waals surface area contributed by atoms with Crippen LogP contribution in [0, 0.1) is 5.92 Å². The number of nitrogens with zero attached hydrogens (tertiary/aromatic N) is 2. The van der Waals surface area contributed by atoms with Gasteiger partial charge < -0.3 is 15.5 Å². The van der Waals surface area contributed by atoms with Crippen LogP contribution >= 0.6 is 35.3 Å². The Morgan fingerprint density at radius 1 is 1.48 bits per heavy atom. The zero-order chi connectivity index (χ0) is 15.8. The Balaban J connectivity index is 0.00000264. The smallest absolute Gasteiger partial charge is 0.224 e. The van der Waals surface area contributed by atoms with Gasteiger partial charge in [0, 0.05) is 38.0 Å². The van der Waals surface area contributed by atoms with Crippen LogP contribution < -0.4 is 10.6 Å². The van der Waals surface area contributed by atoms with Crippen molar-refractivity contribution in [2.75, 3.05) is 26.7 Å². The second-order valence-corrected chi connectivity index (χ2v) is 6.80. The molecular weight excluding hydrogens is 423 g/mol. The Hall–Kier alpha value is -0.830. The van der Waals surface area contributed by atoms with Gasteiger partial charge in [0.2, 0.25) is 5.91 Å². The Morgan fingerprint density at radius 2 is 2.30 bits per heavy atom. The van der Waals surface area contributed by atoms with Crippen molar-refractivity contribution in [1.29, 1.82) is 0 Å². The molecule has 1 aliphatic rings. The lowest BCUT2D eigenvalue weighted by Crippen LogP contribution is -2.42. The first-order chi connectivity index (χ1) is 10.7.